The van der Waals surface area contributed by atoms with E-state index < -0.39 is 0 Å². The Hall–Kier alpha value is -3.24. The third-order valence-corrected chi connectivity index (χ3v) is 5.02. The molecule has 1 amide bonds. The maximum absolute atomic E-state index is 11.4. The highest BCUT2D eigenvalue weighted by atomic mass is 35.5. The number of carbonyl (C=O) groups is 1. The average Bonchev–Trinajstić information content (AvgIpc) is 3.11. The van der Waals surface area contributed by atoms with Crippen molar-refractivity contribution in [3.63, 3.8) is 0 Å². The molecule has 0 atom stereocenters. The zero-order chi connectivity index (χ0) is 19.5. The van der Waals surface area contributed by atoms with Crippen molar-refractivity contribution in [3.8, 4) is 5.75 Å². The summed E-state index contributed by atoms with van der Waals surface area (Å²) in [6.07, 6.45) is 3.11. The summed E-state index contributed by atoms with van der Waals surface area (Å²) in [5.74, 6) is 0.397. The normalized spacial score (nSPS) is 10.9. The van der Waals surface area contributed by atoms with Crippen LogP contribution >= 0.6 is 11.6 Å². The van der Waals surface area contributed by atoms with Crippen LogP contribution in [0.5, 0.6) is 5.75 Å². The van der Waals surface area contributed by atoms with Crippen molar-refractivity contribution < 1.29 is 9.53 Å². The first-order valence-electron chi connectivity index (χ1n) is 8.95. The summed E-state index contributed by atoms with van der Waals surface area (Å²) in [6.45, 7) is 4.28. The van der Waals surface area contributed by atoms with Gasteiger partial charge in [-0.3, -0.25) is 4.79 Å². The third kappa shape index (κ3) is 3.59. The van der Waals surface area contributed by atoms with Gasteiger partial charge in [-0.05, 0) is 40.1 Å². The fraction of sp³-hybridized carbons (Fsp3) is 0.0870. The number of halogens is 1. The minimum absolute atomic E-state index is 0.212. The van der Waals surface area contributed by atoms with Crippen molar-refractivity contribution in [1.29, 1.82) is 0 Å². The molecule has 0 unspecified atom stereocenters. The Labute approximate surface area is 167 Å². The van der Waals surface area contributed by atoms with Gasteiger partial charge in [-0.2, -0.15) is 0 Å². The number of hydrogen-bond acceptors (Lipinski definition) is 2. The summed E-state index contributed by atoms with van der Waals surface area (Å²) >= 11 is 6.42. The molecule has 28 heavy (non-hydrogen) atoms. The maximum atomic E-state index is 11.4. The number of aromatic nitrogens is 1. The molecule has 5 heteroatoms. The Morgan fingerprint density at radius 2 is 1.93 bits per heavy atom. The van der Waals surface area contributed by atoms with Gasteiger partial charge in [-0.15, -0.1) is 0 Å². The van der Waals surface area contributed by atoms with Crippen LogP contribution in [0.4, 0.5) is 0 Å². The predicted octanol–water partition coefficient (Wildman–Crippen LogP) is 5.36. The van der Waals surface area contributed by atoms with Crippen molar-refractivity contribution >= 4 is 39.2 Å². The van der Waals surface area contributed by atoms with E-state index in [2.05, 4.69) is 41.1 Å². The molecule has 0 fully saturated rings. The molecule has 0 aliphatic rings. The summed E-state index contributed by atoms with van der Waals surface area (Å²) in [5, 5.41) is 6.63. The first-order chi connectivity index (χ1) is 13.7. The molecule has 140 valence electrons. The molecular formula is C23H19ClN2O2. The Kier molecular flexibility index (Phi) is 5.04. The van der Waals surface area contributed by atoms with Crippen molar-refractivity contribution in [2.45, 2.75) is 13.2 Å². The lowest BCUT2D eigenvalue weighted by atomic mass is 10.1. The van der Waals surface area contributed by atoms with Crippen molar-refractivity contribution in [2.75, 3.05) is 0 Å². The Bertz CT molecular complexity index is 1170. The molecule has 4 nitrogen and oxygen atoms in total. The summed E-state index contributed by atoms with van der Waals surface area (Å²) in [5.41, 5.74) is 2.95. The standard InChI is InChI=1S/C23H19ClN2O2/c1-2-23(27)26-13-17-12-25-21-11-20(24)22(10-19(17)21)28-14-16-8-5-7-15-6-3-4-9-18(15)16/h2-12,25H,1,13-14H2,(H,26,27). The molecule has 0 aliphatic heterocycles. The first-order valence-corrected chi connectivity index (χ1v) is 9.32. The number of fused-ring (bicyclic) bond motifs is 2. The van der Waals surface area contributed by atoms with Gasteiger partial charge in [0.05, 0.1) is 5.02 Å². The van der Waals surface area contributed by atoms with Crippen LogP contribution in [0.3, 0.4) is 0 Å². The fourth-order valence-corrected chi connectivity index (χ4v) is 3.48. The van der Waals surface area contributed by atoms with Gasteiger partial charge < -0.3 is 15.0 Å². The summed E-state index contributed by atoms with van der Waals surface area (Å²) in [7, 11) is 0. The molecule has 0 aliphatic carbocycles. The maximum Gasteiger partial charge on any atom is 0.243 e. The Morgan fingerprint density at radius 3 is 2.79 bits per heavy atom. The summed E-state index contributed by atoms with van der Waals surface area (Å²) < 4.78 is 6.06. The lowest BCUT2D eigenvalue weighted by Gasteiger charge is -2.11. The van der Waals surface area contributed by atoms with E-state index in [0.717, 1.165) is 27.4 Å². The van der Waals surface area contributed by atoms with Crippen molar-refractivity contribution in [2.24, 2.45) is 0 Å². The Morgan fingerprint density at radius 1 is 1.11 bits per heavy atom. The molecule has 4 aromatic rings. The zero-order valence-corrected chi connectivity index (χ0v) is 15.9. The number of aromatic amines is 1. The van der Waals surface area contributed by atoms with Crippen LogP contribution in [0.1, 0.15) is 11.1 Å². The van der Waals surface area contributed by atoms with Crippen LogP contribution in [-0.4, -0.2) is 10.9 Å². The number of carbonyl (C=O) groups excluding carboxylic acids is 1. The molecule has 0 saturated heterocycles. The van der Waals surface area contributed by atoms with Gasteiger partial charge in [-0.25, -0.2) is 0 Å². The largest absolute Gasteiger partial charge is 0.487 e. The molecule has 1 heterocycles. The number of rotatable bonds is 6. The van der Waals surface area contributed by atoms with E-state index in [4.69, 9.17) is 16.3 Å². The molecule has 4 rings (SSSR count). The number of ether oxygens (including phenoxy) is 1. The van der Waals surface area contributed by atoms with Gasteiger partial charge >= 0.3 is 0 Å². The fourth-order valence-electron chi connectivity index (χ4n) is 3.27. The van der Waals surface area contributed by atoms with Crippen molar-refractivity contribution in [3.05, 3.63) is 89.6 Å². The SMILES string of the molecule is C=CC(=O)NCc1c[nH]c2cc(Cl)c(OCc3cccc4ccccc34)cc12. The zero-order valence-electron chi connectivity index (χ0n) is 15.2. The van der Waals surface area contributed by atoms with E-state index in [1.165, 1.54) is 11.5 Å². The second-order valence-electron chi connectivity index (χ2n) is 6.49. The smallest absolute Gasteiger partial charge is 0.243 e. The van der Waals surface area contributed by atoms with Crippen LogP contribution in [0.25, 0.3) is 21.7 Å². The van der Waals surface area contributed by atoms with E-state index in [1.807, 2.05) is 36.5 Å². The van der Waals surface area contributed by atoms with Crippen LogP contribution in [0, 0.1) is 0 Å². The number of nitrogens with one attached hydrogen (secondary N) is 2. The lowest BCUT2D eigenvalue weighted by molar-refractivity contribution is -0.116. The number of amides is 1. The molecule has 0 saturated carbocycles. The second-order valence-corrected chi connectivity index (χ2v) is 6.90. The Balaban J connectivity index is 1.60. The van der Waals surface area contributed by atoms with Crippen LogP contribution in [0.2, 0.25) is 5.02 Å². The third-order valence-electron chi connectivity index (χ3n) is 4.72. The molecule has 3 aromatic carbocycles. The molecule has 0 bridgehead atoms. The average molecular weight is 391 g/mol. The molecule has 0 spiro atoms. The predicted molar refractivity (Wildman–Crippen MR) is 114 cm³/mol. The number of benzene rings is 3. The van der Waals surface area contributed by atoms with E-state index >= 15 is 0 Å². The van der Waals surface area contributed by atoms with Gasteiger partial charge in [0.15, 0.2) is 0 Å². The van der Waals surface area contributed by atoms with Gasteiger partial charge in [0, 0.05) is 23.6 Å². The minimum atomic E-state index is -0.212. The highest BCUT2D eigenvalue weighted by Crippen LogP contribution is 2.32. The first kappa shape index (κ1) is 18.1. The molecule has 2 N–H and O–H groups in total. The van der Waals surface area contributed by atoms with E-state index in [0.29, 0.717) is 23.9 Å². The monoisotopic (exact) mass is 390 g/mol. The summed E-state index contributed by atoms with van der Waals surface area (Å²) in [6, 6.07) is 18.1. The number of H-pyrrole nitrogens is 1. The lowest BCUT2D eigenvalue weighted by Crippen LogP contribution is -2.19. The van der Waals surface area contributed by atoms with Crippen LogP contribution in [-0.2, 0) is 17.9 Å². The highest BCUT2D eigenvalue weighted by molar-refractivity contribution is 6.32. The van der Waals surface area contributed by atoms with Gasteiger partial charge in [0.2, 0.25) is 5.91 Å². The summed E-state index contributed by atoms with van der Waals surface area (Å²) in [4.78, 5) is 14.6. The highest BCUT2D eigenvalue weighted by Gasteiger charge is 2.11. The van der Waals surface area contributed by atoms with Crippen LogP contribution < -0.4 is 10.1 Å². The van der Waals surface area contributed by atoms with Gasteiger partial charge in [0.1, 0.15) is 12.4 Å². The molecule has 1 aromatic heterocycles. The molecular weight excluding hydrogens is 372 g/mol. The minimum Gasteiger partial charge on any atom is -0.487 e. The second kappa shape index (κ2) is 7.79. The van der Waals surface area contributed by atoms with E-state index in [9.17, 15) is 4.79 Å². The molecule has 0 radical (unpaired) electrons. The van der Waals surface area contributed by atoms with E-state index in [-0.39, 0.29) is 5.91 Å². The van der Waals surface area contributed by atoms with Gasteiger partial charge in [0.25, 0.3) is 0 Å². The van der Waals surface area contributed by atoms with Gasteiger partial charge in [-0.1, -0.05) is 60.6 Å². The van der Waals surface area contributed by atoms with Crippen molar-refractivity contribution in [1.82, 2.24) is 10.3 Å². The topological polar surface area (TPSA) is 54.1 Å². The quantitative estimate of drug-likeness (QED) is 0.436. The number of hydrogen-bond donors (Lipinski definition) is 2. The van der Waals surface area contributed by atoms with E-state index in [1.54, 1.807) is 0 Å². The van der Waals surface area contributed by atoms with Crippen LogP contribution in [0.15, 0.2) is 73.4 Å².